The van der Waals surface area contributed by atoms with Gasteiger partial charge in [-0.15, -0.1) is 0 Å². The highest BCUT2D eigenvalue weighted by atomic mass is 14.9. The fourth-order valence-corrected chi connectivity index (χ4v) is 2.67. The van der Waals surface area contributed by atoms with Crippen molar-refractivity contribution in [2.75, 3.05) is 11.1 Å². The quantitative estimate of drug-likeness (QED) is 0.741. The van der Waals surface area contributed by atoms with E-state index in [-0.39, 0.29) is 5.41 Å². The van der Waals surface area contributed by atoms with Crippen molar-refractivity contribution in [3.05, 3.63) is 54.1 Å². The lowest BCUT2D eigenvalue weighted by molar-refractivity contribution is 0.475. The first kappa shape index (κ1) is 14.4. The summed E-state index contributed by atoms with van der Waals surface area (Å²) in [6.07, 6.45) is 2.29. The molecular weight excluding hydrogens is 244 g/mol. The number of hydrogen-bond donors (Lipinski definition) is 2. The smallest absolute Gasteiger partial charge is 0.0388 e. The van der Waals surface area contributed by atoms with Crippen molar-refractivity contribution in [2.24, 2.45) is 0 Å². The Morgan fingerprint density at radius 2 is 1.70 bits per heavy atom. The van der Waals surface area contributed by atoms with Crippen molar-refractivity contribution in [1.82, 2.24) is 0 Å². The van der Waals surface area contributed by atoms with Crippen molar-refractivity contribution in [3.8, 4) is 0 Å². The van der Waals surface area contributed by atoms with Crippen molar-refractivity contribution in [3.63, 3.8) is 0 Å². The molecule has 0 atom stereocenters. The van der Waals surface area contributed by atoms with Gasteiger partial charge in [0.05, 0.1) is 0 Å². The lowest BCUT2D eigenvalue weighted by atomic mass is 9.79. The minimum absolute atomic E-state index is 0.104. The van der Waals surface area contributed by atoms with Gasteiger partial charge in [0.2, 0.25) is 0 Å². The largest absolute Gasteiger partial charge is 0.398 e. The van der Waals surface area contributed by atoms with Crippen LogP contribution in [0.4, 0.5) is 17.1 Å². The third kappa shape index (κ3) is 3.32. The van der Waals surface area contributed by atoms with Gasteiger partial charge >= 0.3 is 0 Å². The van der Waals surface area contributed by atoms with Crippen LogP contribution in [-0.2, 0) is 5.41 Å². The standard InChI is InChI=1S/C18H24N2/c1-4-12-18(2,3)16-13-15(10-11-17(16)19)20-14-8-6-5-7-9-14/h5-11,13,20H,4,12,19H2,1-3H3. The van der Waals surface area contributed by atoms with E-state index in [1.54, 1.807) is 0 Å². The zero-order valence-corrected chi connectivity index (χ0v) is 12.6. The summed E-state index contributed by atoms with van der Waals surface area (Å²) in [6.45, 7) is 6.73. The van der Waals surface area contributed by atoms with Crippen molar-refractivity contribution < 1.29 is 0 Å². The highest BCUT2D eigenvalue weighted by molar-refractivity contribution is 5.65. The average molecular weight is 268 g/mol. The summed E-state index contributed by atoms with van der Waals surface area (Å²) in [4.78, 5) is 0. The van der Waals surface area contributed by atoms with E-state index in [0.717, 1.165) is 29.9 Å². The first-order valence-electron chi connectivity index (χ1n) is 7.25. The van der Waals surface area contributed by atoms with Gasteiger partial charge in [-0.2, -0.15) is 0 Å². The highest BCUT2D eigenvalue weighted by Crippen LogP contribution is 2.34. The molecular formula is C18H24N2. The van der Waals surface area contributed by atoms with E-state index >= 15 is 0 Å². The van der Waals surface area contributed by atoms with Crippen LogP contribution in [0.2, 0.25) is 0 Å². The van der Waals surface area contributed by atoms with Gasteiger partial charge in [0, 0.05) is 17.1 Å². The Bertz CT molecular complexity index is 559. The minimum Gasteiger partial charge on any atom is -0.398 e. The third-order valence-corrected chi connectivity index (χ3v) is 3.72. The van der Waals surface area contributed by atoms with Crippen molar-refractivity contribution in [2.45, 2.75) is 39.0 Å². The third-order valence-electron chi connectivity index (χ3n) is 3.72. The maximum Gasteiger partial charge on any atom is 0.0388 e. The van der Waals surface area contributed by atoms with Crippen LogP contribution in [0.15, 0.2) is 48.5 Å². The van der Waals surface area contributed by atoms with Crippen LogP contribution in [0.3, 0.4) is 0 Å². The number of nitrogen functional groups attached to an aromatic ring is 1. The molecule has 0 spiro atoms. The van der Waals surface area contributed by atoms with Crippen LogP contribution in [0, 0.1) is 0 Å². The molecule has 0 aliphatic heterocycles. The minimum atomic E-state index is 0.104. The normalized spacial score (nSPS) is 11.3. The summed E-state index contributed by atoms with van der Waals surface area (Å²) in [7, 11) is 0. The molecule has 0 unspecified atom stereocenters. The molecule has 0 saturated heterocycles. The van der Waals surface area contributed by atoms with Gasteiger partial charge in [0.15, 0.2) is 0 Å². The Morgan fingerprint density at radius 1 is 1.00 bits per heavy atom. The molecule has 0 aliphatic carbocycles. The monoisotopic (exact) mass is 268 g/mol. The predicted octanol–water partition coefficient (Wildman–Crippen LogP) is 5.09. The molecule has 0 radical (unpaired) electrons. The summed E-state index contributed by atoms with van der Waals surface area (Å²) in [5.41, 5.74) is 10.6. The van der Waals surface area contributed by atoms with Gasteiger partial charge in [-0.25, -0.2) is 0 Å². The average Bonchev–Trinajstić information content (AvgIpc) is 2.42. The molecule has 3 N–H and O–H groups in total. The molecule has 0 heterocycles. The number of nitrogens with two attached hydrogens (primary N) is 1. The second-order valence-corrected chi connectivity index (χ2v) is 5.93. The summed E-state index contributed by atoms with van der Waals surface area (Å²) >= 11 is 0. The second kappa shape index (κ2) is 6.00. The molecule has 2 nitrogen and oxygen atoms in total. The fourth-order valence-electron chi connectivity index (χ4n) is 2.67. The Kier molecular flexibility index (Phi) is 4.33. The van der Waals surface area contributed by atoms with E-state index in [1.165, 1.54) is 5.56 Å². The van der Waals surface area contributed by atoms with Gasteiger partial charge in [-0.1, -0.05) is 45.4 Å². The maximum atomic E-state index is 6.17. The van der Waals surface area contributed by atoms with Gasteiger partial charge < -0.3 is 11.1 Å². The molecule has 0 bridgehead atoms. The number of hydrogen-bond acceptors (Lipinski definition) is 2. The Morgan fingerprint density at radius 3 is 2.35 bits per heavy atom. The molecule has 0 fully saturated rings. The molecule has 2 rings (SSSR count). The van der Waals surface area contributed by atoms with Gasteiger partial charge in [0.1, 0.15) is 0 Å². The van der Waals surface area contributed by atoms with Gasteiger partial charge in [0.25, 0.3) is 0 Å². The van der Waals surface area contributed by atoms with E-state index in [0.29, 0.717) is 0 Å². The first-order valence-corrected chi connectivity index (χ1v) is 7.25. The number of nitrogens with one attached hydrogen (secondary N) is 1. The zero-order valence-electron chi connectivity index (χ0n) is 12.6. The fraction of sp³-hybridized carbons (Fsp3) is 0.333. The molecule has 2 aromatic rings. The topological polar surface area (TPSA) is 38.0 Å². The van der Waals surface area contributed by atoms with Crippen molar-refractivity contribution in [1.29, 1.82) is 0 Å². The number of benzene rings is 2. The summed E-state index contributed by atoms with van der Waals surface area (Å²) in [5, 5.41) is 3.43. The highest BCUT2D eigenvalue weighted by Gasteiger charge is 2.22. The van der Waals surface area contributed by atoms with Crippen LogP contribution in [0.1, 0.15) is 39.2 Å². The molecule has 20 heavy (non-hydrogen) atoms. The lowest BCUT2D eigenvalue weighted by Crippen LogP contribution is -2.18. The molecule has 0 amide bonds. The van der Waals surface area contributed by atoms with Crippen LogP contribution < -0.4 is 11.1 Å². The van der Waals surface area contributed by atoms with Crippen LogP contribution in [0.25, 0.3) is 0 Å². The predicted molar refractivity (Wildman–Crippen MR) is 88.5 cm³/mol. The summed E-state index contributed by atoms with van der Waals surface area (Å²) in [6, 6.07) is 16.4. The first-order chi connectivity index (χ1) is 9.53. The number of anilines is 3. The SMILES string of the molecule is CCCC(C)(C)c1cc(Nc2ccccc2)ccc1N. The van der Waals surface area contributed by atoms with Gasteiger partial charge in [-0.05, 0) is 47.7 Å². The molecule has 106 valence electrons. The van der Waals surface area contributed by atoms with E-state index < -0.39 is 0 Å². The lowest BCUT2D eigenvalue weighted by Gasteiger charge is -2.27. The molecule has 2 aromatic carbocycles. The van der Waals surface area contributed by atoms with E-state index in [1.807, 2.05) is 30.3 Å². The zero-order chi connectivity index (χ0) is 14.6. The molecule has 0 aromatic heterocycles. The Hall–Kier alpha value is -1.96. The Labute approximate surface area is 122 Å². The van der Waals surface area contributed by atoms with E-state index in [9.17, 15) is 0 Å². The van der Waals surface area contributed by atoms with Gasteiger partial charge in [-0.3, -0.25) is 0 Å². The van der Waals surface area contributed by atoms with Crippen molar-refractivity contribution >= 4 is 17.1 Å². The van der Waals surface area contributed by atoms with E-state index in [4.69, 9.17) is 5.73 Å². The number of rotatable bonds is 5. The summed E-state index contributed by atoms with van der Waals surface area (Å²) < 4.78 is 0. The van der Waals surface area contributed by atoms with Crippen LogP contribution in [-0.4, -0.2) is 0 Å². The van der Waals surface area contributed by atoms with Crippen LogP contribution in [0.5, 0.6) is 0 Å². The van der Waals surface area contributed by atoms with Crippen LogP contribution >= 0.6 is 0 Å². The Balaban J connectivity index is 2.29. The second-order valence-electron chi connectivity index (χ2n) is 5.93. The summed E-state index contributed by atoms with van der Waals surface area (Å²) in [5.74, 6) is 0. The molecule has 2 heteroatoms. The molecule has 0 saturated carbocycles. The maximum absolute atomic E-state index is 6.17. The van der Waals surface area contributed by atoms with E-state index in [2.05, 4.69) is 44.3 Å². The number of para-hydroxylation sites is 1. The molecule has 0 aliphatic rings.